The second-order valence-electron chi connectivity index (χ2n) is 11.5. The molecular formula is C41H42N4O3. The lowest BCUT2D eigenvalue weighted by Crippen LogP contribution is -2.43. The number of hydrogen-bond donors (Lipinski definition) is 2. The highest BCUT2D eigenvalue weighted by Crippen LogP contribution is 2.29. The number of carbonyl (C=O) groups excluding carboxylic acids is 1. The molecule has 4 aromatic rings. The molecule has 0 unspecified atom stereocenters. The Balaban J connectivity index is 1.52. The molecule has 5 rings (SSSR count). The largest absolute Gasteiger partial charge is 0.497 e. The van der Waals surface area contributed by atoms with Gasteiger partial charge in [-0.15, -0.1) is 0 Å². The number of rotatable bonds is 15. The van der Waals surface area contributed by atoms with E-state index in [0.717, 1.165) is 63.4 Å². The third-order valence-corrected chi connectivity index (χ3v) is 8.32. The van der Waals surface area contributed by atoms with Crippen molar-refractivity contribution in [2.75, 3.05) is 14.2 Å². The number of benzene rings is 3. The van der Waals surface area contributed by atoms with Crippen LogP contribution in [0.1, 0.15) is 29.5 Å². The van der Waals surface area contributed by atoms with Crippen LogP contribution in [-0.2, 0) is 24.1 Å². The van der Waals surface area contributed by atoms with E-state index in [1.165, 1.54) is 5.56 Å². The van der Waals surface area contributed by atoms with Gasteiger partial charge in [0.25, 0.3) is 5.91 Å². The van der Waals surface area contributed by atoms with Crippen molar-refractivity contribution in [2.24, 2.45) is 10.2 Å². The molecule has 0 spiro atoms. The van der Waals surface area contributed by atoms with Crippen molar-refractivity contribution in [3.05, 3.63) is 156 Å². The molecule has 1 aromatic heterocycles. The van der Waals surface area contributed by atoms with E-state index >= 15 is 0 Å². The quantitative estimate of drug-likeness (QED) is 0.102. The van der Waals surface area contributed by atoms with Crippen LogP contribution >= 0.6 is 0 Å². The number of nitrogens with zero attached hydrogens (tertiary/aromatic N) is 2. The van der Waals surface area contributed by atoms with Gasteiger partial charge in [0.05, 0.1) is 31.7 Å². The molecule has 48 heavy (non-hydrogen) atoms. The number of aromatic nitrogens is 1. The van der Waals surface area contributed by atoms with Gasteiger partial charge >= 0.3 is 0 Å². The normalized spacial score (nSPS) is 14.0. The maximum absolute atomic E-state index is 13.7. The number of fused-ring (bicyclic) bond motifs is 1. The van der Waals surface area contributed by atoms with Crippen LogP contribution in [0.2, 0.25) is 0 Å². The lowest BCUT2D eigenvalue weighted by Gasteiger charge is -2.21. The molecule has 1 amide bonds. The summed E-state index contributed by atoms with van der Waals surface area (Å²) in [6.45, 7) is 7.59. The van der Waals surface area contributed by atoms with Crippen molar-refractivity contribution in [1.82, 2.24) is 10.3 Å². The summed E-state index contributed by atoms with van der Waals surface area (Å²) in [5.74, 6) is 1.23. The molecule has 2 N–H and O–H groups in total. The van der Waals surface area contributed by atoms with Crippen LogP contribution in [0.4, 0.5) is 0 Å². The predicted molar refractivity (Wildman–Crippen MR) is 197 cm³/mol. The lowest BCUT2D eigenvalue weighted by molar-refractivity contribution is -0.117. The Morgan fingerprint density at radius 1 is 0.958 bits per heavy atom. The number of methoxy groups -OCH3 is 2. The van der Waals surface area contributed by atoms with Crippen LogP contribution in [0.15, 0.2) is 150 Å². The Morgan fingerprint density at radius 2 is 1.77 bits per heavy atom. The predicted octanol–water partition coefficient (Wildman–Crippen LogP) is 8.07. The molecule has 7 heteroatoms. The highest BCUT2D eigenvalue weighted by molar-refractivity contribution is 6.04. The summed E-state index contributed by atoms with van der Waals surface area (Å²) in [5.41, 5.74) is 7.59. The van der Waals surface area contributed by atoms with Crippen molar-refractivity contribution in [2.45, 2.75) is 38.1 Å². The molecule has 2 heterocycles. The number of para-hydroxylation sites is 1. The third kappa shape index (κ3) is 8.76. The summed E-state index contributed by atoms with van der Waals surface area (Å²) in [6.07, 6.45) is 15.9. The first kappa shape index (κ1) is 33.7. The number of aryl methyl sites for hydroxylation is 1. The van der Waals surface area contributed by atoms with Gasteiger partial charge in [0.2, 0.25) is 0 Å². The summed E-state index contributed by atoms with van der Waals surface area (Å²) in [7, 11) is 3.31. The van der Waals surface area contributed by atoms with Crippen molar-refractivity contribution in [3.63, 3.8) is 0 Å². The highest BCUT2D eigenvalue weighted by Gasteiger charge is 2.25. The van der Waals surface area contributed by atoms with Crippen molar-refractivity contribution in [3.8, 4) is 11.5 Å². The summed E-state index contributed by atoms with van der Waals surface area (Å²) in [4.78, 5) is 17.1. The average Bonchev–Trinajstić information content (AvgIpc) is 3.41. The summed E-state index contributed by atoms with van der Waals surface area (Å²) >= 11 is 0. The second-order valence-corrected chi connectivity index (χ2v) is 11.5. The number of nitrogens with one attached hydrogen (secondary N) is 2. The molecule has 7 nitrogen and oxygen atoms in total. The number of amides is 1. The fourth-order valence-electron chi connectivity index (χ4n) is 5.79. The molecule has 0 fully saturated rings. The monoisotopic (exact) mass is 638 g/mol. The number of carbonyl (C=O) groups is 1. The van der Waals surface area contributed by atoms with Crippen LogP contribution in [0.5, 0.6) is 11.5 Å². The van der Waals surface area contributed by atoms with Crippen LogP contribution in [0.25, 0.3) is 10.9 Å². The van der Waals surface area contributed by atoms with E-state index in [-0.39, 0.29) is 5.91 Å². The Labute approximate surface area is 282 Å². The maximum atomic E-state index is 13.7. The van der Waals surface area contributed by atoms with E-state index in [1.807, 2.05) is 48.7 Å². The summed E-state index contributed by atoms with van der Waals surface area (Å²) in [6, 6.07) is 24.0. The third-order valence-electron chi connectivity index (χ3n) is 8.32. The molecule has 244 valence electrons. The van der Waals surface area contributed by atoms with E-state index in [9.17, 15) is 4.79 Å². The lowest BCUT2D eigenvalue weighted by atomic mass is 9.92. The number of allylic oxidation sites excluding steroid dienone is 6. The Hall–Kier alpha value is -5.69. The van der Waals surface area contributed by atoms with Gasteiger partial charge in [-0.2, -0.15) is 10.2 Å². The van der Waals surface area contributed by atoms with Gasteiger partial charge in [0.15, 0.2) is 0 Å². The fraction of sp³-hybridized carbons (Fsp3) is 0.195. The first-order valence-electron chi connectivity index (χ1n) is 16.1. The van der Waals surface area contributed by atoms with Crippen molar-refractivity contribution < 1.29 is 14.3 Å². The number of H-pyrrole nitrogens is 1. The smallest absolute Gasteiger partial charge is 0.251 e. The fourth-order valence-corrected chi connectivity index (χ4v) is 5.79. The van der Waals surface area contributed by atoms with E-state index in [2.05, 4.69) is 59.9 Å². The molecule has 0 saturated carbocycles. The molecule has 0 aliphatic carbocycles. The number of hydrogen-bond acceptors (Lipinski definition) is 5. The highest BCUT2D eigenvalue weighted by atomic mass is 16.5. The van der Waals surface area contributed by atoms with E-state index in [4.69, 9.17) is 19.7 Å². The van der Waals surface area contributed by atoms with Gasteiger partial charge in [-0.3, -0.25) is 4.79 Å². The van der Waals surface area contributed by atoms with Gasteiger partial charge in [-0.1, -0.05) is 97.6 Å². The number of aromatic amines is 1. The second kappa shape index (κ2) is 16.7. The standard InChI is InChI=1S/C41H42N4O3/c1-5-7-9-16-31(6-2)41(46)43-38(26-33-28-42-37-18-13-12-17-36(33)37)39-25-30(23-32-20-22-35(47-3)27-40(32)48-4)24-34(44-45-39)21-19-29-14-10-8-11-15-29/h5-18,20,22,24,27-28,38,42H,1-2,19,21,23,25-26H2,3-4H3,(H,43,46)/b9-7-,31-16+/t38-/m1/s1. The van der Waals surface area contributed by atoms with Crippen LogP contribution in [-0.4, -0.2) is 42.6 Å². The van der Waals surface area contributed by atoms with Crippen molar-refractivity contribution >= 4 is 28.2 Å². The van der Waals surface area contributed by atoms with Crippen LogP contribution in [0, 0.1) is 0 Å². The molecule has 1 aliphatic rings. The van der Waals surface area contributed by atoms with Gasteiger partial charge < -0.3 is 19.8 Å². The molecule has 0 saturated heterocycles. The van der Waals surface area contributed by atoms with Gasteiger partial charge in [-0.05, 0) is 60.2 Å². The van der Waals surface area contributed by atoms with Crippen LogP contribution < -0.4 is 14.8 Å². The zero-order valence-corrected chi connectivity index (χ0v) is 27.6. The minimum atomic E-state index is -0.443. The Bertz CT molecular complexity index is 1910. The minimum absolute atomic E-state index is 0.244. The number of ether oxygens (including phenoxy) is 2. The van der Waals surface area contributed by atoms with E-state index in [0.29, 0.717) is 24.8 Å². The Kier molecular flexibility index (Phi) is 11.7. The summed E-state index contributed by atoms with van der Waals surface area (Å²) < 4.78 is 11.2. The first-order chi connectivity index (χ1) is 23.5. The topological polar surface area (TPSA) is 88.1 Å². The molecule has 0 bridgehead atoms. The van der Waals surface area contributed by atoms with Gasteiger partial charge in [-0.25, -0.2) is 0 Å². The molecule has 3 aromatic carbocycles. The SMILES string of the molecule is C=C/C=C\C=C(/C=C)C(=O)N[C@H](Cc1c[nH]c2ccccc12)C1=NN=C(CCc2ccccc2)C=C(Cc2ccc(OC)cc2OC)C1. The van der Waals surface area contributed by atoms with Crippen molar-refractivity contribution in [1.29, 1.82) is 0 Å². The van der Waals surface area contributed by atoms with Gasteiger partial charge in [0.1, 0.15) is 11.5 Å². The van der Waals surface area contributed by atoms with Gasteiger partial charge in [0, 0.05) is 41.6 Å². The molecule has 1 aliphatic heterocycles. The van der Waals surface area contributed by atoms with Crippen LogP contribution in [0.3, 0.4) is 0 Å². The zero-order valence-electron chi connectivity index (χ0n) is 27.6. The Morgan fingerprint density at radius 3 is 2.54 bits per heavy atom. The molecule has 1 atom stereocenters. The molecule has 0 radical (unpaired) electrons. The zero-order chi connectivity index (χ0) is 33.7. The van der Waals surface area contributed by atoms with E-state index in [1.54, 1.807) is 44.6 Å². The minimum Gasteiger partial charge on any atom is -0.497 e. The summed E-state index contributed by atoms with van der Waals surface area (Å²) in [5, 5.41) is 14.0. The maximum Gasteiger partial charge on any atom is 0.251 e. The first-order valence-corrected chi connectivity index (χ1v) is 16.1. The van der Waals surface area contributed by atoms with E-state index < -0.39 is 6.04 Å². The molecular weight excluding hydrogens is 596 g/mol. The average molecular weight is 639 g/mol.